The number of amides is 2. The van der Waals surface area contributed by atoms with Crippen LogP contribution < -0.4 is 15.0 Å². The van der Waals surface area contributed by atoms with Crippen molar-refractivity contribution < 1.29 is 23.9 Å². The van der Waals surface area contributed by atoms with Gasteiger partial charge in [-0.3, -0.25) is 14.4 Å². The number of anilines is 2. The molecule has 7 nitrogen and oxygen atoms in total. The zero-order valence-corrected chi connectivity index (χ0v) is 17.5. The monoisotopic (exact) mass is 460 g/mol. The van der Waals surface area contributed by atoms with Crippen LogP contribution in [0.4, 0.5) is 11.4 Å². The Balaban J connectivity index is 1.48. The highest BCUT2D eigenvalue weighted by Gasteiger charge is 2.36. The zero-order chi connectivity index (χ0) is 20.8. The van der Waals surface area contributed by atoms with E-state index >= 15 is 0 Å². The van der Waals surface area contributed by atoms with Crippen molar-refractivity contribution in [2.75, 3.05) is 30.0 Å². The predicted octanol–water partition coefficient (Wildman–Crippen LogP) is 3.38. The summed E-state index contributed by atoms with van der Waals surface area (Å²) in [6.07, 6.45) is 0.0649. The van der Waals surface area contributed by atoms with Crippen LogP contribution in [0.25, 0.3) is 0 Å². The molecule has 1 atom stereocenters. The van der Waals surface area contributed by atoms with Gasteiger partial charge in [-0.15, -0.1) is 0 Å². The summed E-state index contributed by atoms with van der Waals surface area (Å²) in [4.78, 5) is 38.1. The van der Waals surface area contributed by atoms with Crippen molar-refractivity contribution in [3.05, 3.63) is 53.0 Å². The van der Waals surface area contributed by atoms with Gasteiger partial charge in [-0.05, 0) is 55.5 Å². The predicted molar refractivity (Wildman–Crippen MR) is 112 cm³/mol. The van der Waals surface area contributed by atoms with E-state index in [1.807, 2.05) is 19.1 Å². The highest BCUT2D eigenvalue weighted by Crippen LogP contribution is 2.27. The molecule has 2 aromatic carbocycles. The first-order chi connectivity index (χ1) is 14.0. The van der Waals surface area contributed by atoms with E-state index in [1.165, 1.54) is 0 Å². The number of benzene rings is 2. The van der Waals surface area contributed by atoms with E-state index in [0.717, 1.165) is 10.2 Å². The highest BCUT2D eigenvalue weighted by molar-refractivity contribution is 9.10. The first-order valence-electron chi connectivity index (χ1n) is 9.21. The smallest absolute Gasteiger partial charge is 0.311 e. The van der Waals surface area contributed by atoms with Crippen LogP contribution >= 0.6 is 15.9 Å². The molecule has 2 amide bonds. The molecule has 1 aliphatic heterocycles. The molecule has 1 fully saturated rings. The lowest BCUT2D eigenvalue weighted by atomic mass is 10.1. The fourth-order valence-corrected chi connectivity index (χ4v) is 3.25. The SMILES string of the molecule is CCOc1ccc(NC(=O)COC(=O)[C@H]2CC(=O)N(c3ccc(Br)cc3)C2)cc1. The molecule has 0 unspecified atom stereocenters. The Kier molecular flexibility index (Phi) is 6.87. The average molecular weight is 461 g/mol. The molecule has 0 aromatic heterocycles. The van der Waals surface area contributed by atoms with Crippen molar-refractivity contribution >= 4 is 45.1 Å². The van der Waals surface area contributed by atoms with Gasteiger partial charge >= 0.3 is 5.97 Å². The van der Waals surface area contributed by atoms with Crippen LogP contribution in [0.15, 0.2) is 53.0 Å². The van der Waals surface area contributed by atoms with Gasteiger partial charge < -0.3 is 19.7 Å². The second kappa shape index (κ2) is 9.56. The highest BCUT2D eigenvalue weighted by atomic mass is 79.9. The van der Waals surface area contributed by atoms with Gasteiger partial charge in [-0.1, -0.05) is 15.9 Å². The fourth-order valence-electron chi connectivity index (χ4n) is 2.99. The summed E-state index contributed by atoms with van der Waals surface area (Å²) in [6.45, 7) is 2.28. The Hall–Kier alpha value is -2.87. The van der Waals surface area contributed by atoms with Crippen LogP contribution in [0.3, 0.4) is 0 Å². The van der Waals surface area contributed by atoms with Crippen molar-refractivity contribution in [1.82, 2.24) is 0 Å². The minimum absolute atomic E-state index is 0.0649. The van der Waals surface area contributed by atoms with Gasteiger partial charge in [0, 0.05) is 28.8 Å². The van der Waals surface area contributed by atoms with Crippen LogP contribution in [-0.4, -0.2) is 37.5 Å². The Bertz CT molecular complexity index is 883. The maximum atomic E-state index is 12.3. The lowest BCUT2D eigenvalue weighted by Crippen LogP contribution is -2.28. The molecule has 0 spiro atoms. The summed E-state index contributed by atoms with van der Waals surface area (Å²) < 4.78 is 11.4. The Morgan fingerprint density at radius 1 is 1.14 bits per heavy atom. The molecule has 8 heteroatoms. The molecule has 1 aliphatic rings. The molecule has 3 rings (SSSR count). The molecular weight excluding hydrogens is 440 g/mol. The minimum atomic E-state index is -0.593. The van der Waals surface area contributed by atoms with E-state index in [0.29, 0.717) is 18.0 Å². The van der Waals surface area contributed by atoms with Gasteiger partial charge in [0.2, 0.25) is 5.91 Å². The normalized spacial score (nSPS) is 15.9. The van der Waals surface area contributed by atoms with Crippen molar-refractivity contribution in [1.29, 1.82) is 0 Å². The number of hydrogen-bond acceptors (Lipinski definition) is 5. The summed E-state index contributed by atoms with van der Waals surface area (Å²) in [6, 6.07) is 14.2. The Labute approximate surface area is 177 Å². The first-order valence-corrected chi connectivity index (χ1v) is 10.0. The maximum absolute atomic E-state index is 12.3. The third kappa shape index (κ3) is 5.57. The van der Waals surface area contributed by atoms with Gasteiger partial charge in [0.15, 0.2) is 6.61 Å². The summed E-state index contributed by atoms with van der Waals surface area (Å²) in [5.74, 6) is -1.04. The molecule has 152 valence electrons. The topological polar surface area (TPSA) is 84.9 Å². The largest absolute Gasteiger partial charge is 0.494 e. The molecule has 0 aliphatic carbocycles. The van der Waals surface area contributed by atoms with Crippen LogP contribution in [-0.2, 0) is 19.1 Å². The van der Waals surface area contributed by atoms with Crippen LogP contribution in [0, 0.1) is 5.92 Å². The summed E-state index contributed by atoms with van der Waals surface area (Å²) >= 11 is 3.35. The number of nitrogens with one attached hydrogen (secondary N) is 1. The number of nitrogens with zero attached hydrogens (tertiary/aromatic N) is 1. The van der Waals surface area contributed by atoms with Gasteiger partial charge in [-0.25, -0.2) is 0 Å². The lowest BCUT2D eigenvalue weighted by Gasteiger charge is -2.16. The molecule has 0 saturated carbocycles. The number of halogens is 1. The number of hydrogen-bond donors (Lipinski definition) is 1. The van der Waals surface area contributed by atoms with Crippen molar-refractivity contribution in [2.45, 2.75) is 13.3 Å². The minimum Gasteiger partial charge on any atom is -0.494 e. The number of ether oxygens (including phenoxy) is 2. The van der Waals surface area contributed by atoms with E-state index in [9.17, 15) is 14.4 Å². The van der Waals surface area contributed by atoms with E-state index in [4.69, 9.17) is 9.47 Å². The van der Waals surface area contributed by atoms with Gasteiger partial charge in [0.05, 0.1) is 12.5 Å². The molecule has 2 aromatic rings. The summed E-state index contributed by atoms with van der Waals surface area (Å²) in [5, 5.41) is 2.65. The van der Waals surface area contributed by atoms with Gasteiger partial charge in [-0.2, -0.15) is 0 Å². The molecule has 0 bridgehead atoms. The first kappa shape index (κ1) is 20.9. The second-order valence-corrected chi connectivity index (χ2v) is 7.41. The van der Waals surface area contributed by atoms with E-state index in [1.54, 1.807) is 41.3 Å². The number of carbonyl (C=O) groups is 3. The van der Waals surface area contributed by atoms with Crippen molar-refractivity contribution in [2.24, 2.45) is 5.92 Å². The molecule has 0 radical (unpaired) electrons. The average Bonchev–Trinajstić information content (AvgIpc) is 3.10. The van der Waals surface area contributed by atoms with Crippen LogP contribution in [0.2, 0.25) is 0 Å². The van der Waals surface area contributed by atoms with Crippen molar-refractivity contribution in [3.63, 3.8) is 0 Å². The van der Waals surface area contributed by atoms with E-state index in [2.05, 4.69) is 21.2 Å². The van der Waals surface area contributed by atoms with Crippen molar-refractivity contribution in [3.8, 4) is 5.75 Å². The Morgan fingerprint density at radius 3 is 2.48 bits per heavy atom. The third-order valence-electron chi connectivity index (χ3n) is 4.39. The van der Waals surface area contributed by atoms with Crippen LogP contribution in [0.5, 0.6) is 5.75 Å². The molecule has 1 heterocycles. The number of carbonyl (C=O) groups excluding carboxylic acids is 3. The van der Waals surface area contributed by atoms with Gasteiger partial charge in [0.1, 0.15) is 5.75 Å². The second-order valence-electron chi connectivity index (χ2n) is 6.50. The molecular formula is C21H21BrN2O5. The molecule has 29 heavy (non-hydrogen) atoms. The third-order valence-corrected chi connectivity index (χ3v) is 4.92. The fraction of sp³-hybridized carbons (Fsp3) is 0.286. The summed E-state index contributed by atoms with van der Waals surface area (Å²) in [5.41, 5.74) is 1.30. The zero-order valence-electron chi connectivity index (χ0n) is 15.9. The number of esters is 1. The standard InChI is InChI=1S/C21H21BrN2O5/c1-2-28-18-9-5-16(6-10-18)23-19(25)13-29-21(27)14-11-20(26)24(12-14)17-7-3-15(22)4-8-17/h3-10,14H,2,11-13H2,1H3,(H,23,25)/t14-/m0/s1. The van der Waals surface area contributed by atoms with Gasteiger partial charge in [0.25, 0.3) is 5.91 Å². The number of rotatable bonds is 7. The molecule has 1 N–H and O–H groups in total. The van der Waals surface area contributed by atoms with E-state index in [-0.39, 0.29) is 18.9 Å². The lowest BCUT2D eigenvalue weighted by molar-refractivity contribution is -0.151. The summed E-state index contributed by atoms with van der Waals surface area (Å²) in [7, 11) is 0. The quantitative estimate of drug-likeness (QED) is 0.640. The van der Waals surface area contributed by atoms with Crippen LogP contribution in [0.1, 0.15) is 13.3 Å². The maximum Gasteiger partial charge on any atom is 0.311 e. The van der Waals surface area contributed by atoms with E-state index < -0.39 is 24.4 Å². The Morgan fingerprint density at radius 2 is 1.83 bits per heavy atom. The molecule has 1 saturated heterocycles.